The molecule has 1 aromatic carbocycles. The monoisotopic (exact) mass is 319 g/mol. The van der Waals surface area contributed by atoms with Crippen molar-refractivity contribution in [1.29, 1.82) is 0 Å². The summed E-state index contributed by atoms with van der Waals surface area (Å²) in [5.74, 6) is 0. The highest BCUT2D eigenvalue weighted by atomic mass is 35.5. The molecule has 1 atom stereocenters. The van der Waals surface area contributed by atoms with Crippen LogP contribution in [0.2, 0.25) is 15.1 Å². The molecule has 0 radical (unpaired) electrons. The predicted octanol–water partition coefficient (Wildman–Crippen LogP) is 6.19. The van der Waals surface area contributed by atoms with Crippen LogP contribution in [0, 0.1) is 6.92 Å². The highest BCUT2D eigenvalue weighted by Gasteiger charge is 2.14. The Hall–Kier alpha value is -0.410. The Labute approximate surface area is 126 Å². The molecular formula is C13H12Cl3NS. The molecule has 0 fully saturated rings. The highest BCUT2D eigenvalue weighted by molar-refractivity contribution is 7.10. The van der Waals surface area contributed by atoms with Crippen molar-refractivity contribution in [3.05, 3.63) is 49.1 Å². The van der Waals surface area contributed by atoms with Crippen LogP contribution in [0.25, 0.3) is 0 Å². The van der Waals surface area contributed by atoms with Crippen LogP contribution in [-0.2, 0) is 0 Å². The predicted molar refractivity (Wildman–Crippen MR) is 82.6 cm³/mol. The largest absolute Gasteiger partial charge is 0.375 e. The van der Waals surface area contributed by atoms with E-state index >= 15 is 0 Å². The van der Waals surface area contributed by atoms with E-state index in [0.29, 0.717) is 15.1 Å². The quantitative estimate of drug-likeness (QED) is 0.711. The van der Waals surface area contributed by atoms with Gasteiger partial charge in [0.2, 0.25) is 0 Å². The maximum atomic E-state index is 6.15. The van der Waals surface area contributed by atoms with Crippen molar-refractivity contribution < 1.29 is 0 Å². The van der Waals surface area contributed by atoms with Gasteiger partial charge in [-0.1, -0.05) is 34.8 Å². The maximum Gasteiger partial charge on any atom is 0.0725 e. The molecule has 1 N–H and O–H groups in total. The lowest BCUT2D eigenvalue weighted by molar-refractivity contribution is 0.899. The van der Waals surface area contributed by atoms with E-state index in [1.807, 2.05) is 0 Å². The standard InChI is InChI=1S/C13H12Cl3NS/c1-7-3-4-18-13(7)8(2)17-12-10(15)5-9(14)6-11(12)16/h3-6,8,17H,1-2H3. The number of nitrogens with one attached hydrogen (secondary N) is 1. The fourth-order valence-electron chi connectivity index (χ4n) is 1.79. The summed E-state index contributed by atoms with van der Waals surface area (Å²) in [6.07, 6.45) is 0. The molecular weight excluding hydrogens is 309 g/mol. The third-order valence-corrected chi connectivity index (χ3v) is 4.68. The molecule has 0 aliphatic rings. The number of anilines is 1. The zero-order chi connectivity index (χ0) is 13.3. The highest BCUT2D eigenvalue weighted by Crippen LogP contribution is 2.37. The normalized spacial score (nSPS) is 12.5. The second-order valence-corrected chi connectivity index (χ2v) is 6.28. The van der Waals surface area contributed by atoms with Gasteiger partial charge in [0.05, 0.1) is 21.8 Å². The van der Waals surface area contributed by atoms with E-state index in [-0.39, 0.29) is 6.04 Å². The molecule has 96 valence electrons. The van der Waals surface area contributed by atoms with E-state index in [2.05, 4.69) is 30.6 Å². The van der Waals surface area contributed by atoms with Gasteiger partial charge < -0.3 is 5.32 Å². The first-order valence-corrected chi connectivity index (χ1v) is 7.45. The Morgan fingerprint density at radius 1 is 1.17 bits per heavy atom. The van der Waals surface area contributed by atoms with Crippen molar-refractivity contribution in [2.24, 2.45) is 0 Å². The molecule has 0 aliphatic heterocycles. The Kier molecular flexibility index (Phi) is 4.44. The fraction of sp³-hybridized carbons (Fsp3) is 0.231. The summed E-state index contributed by atoms with van der Waals surface area (Å²) in [4.78, 5) is 1.28. The third-order valence-electron chi connectivity index (χ3n) is 2.66. The first-order valence-electron chi connectivity index (χ1n) is 5.44. The number of rotatable bonds is 3. The van der Waals surface area contributed by atoms with E-state index in [1.54, 1.807) is 23.5 Å². The van der Waals surface area contributed by atoms with E-state index in [0.717, 1.165) is 5.69 Å². The van der Waals surface area contributed by atoms with E-state index < -0.39 is 0 Å². The van der Waals surface area contributed by atoms with Gasteiger partial charge in [0.25, 0.3) is 0 Å². The van der Waals surface area contributed by atoms with Gasteiger partial charge in [0, 0.05) is 9.90 Å². The molecule has 2 rings (SSSR count). The zero-order valence-corrected chi connectivity index (χ0v) is 13.0. The molecule has 0 saturated heterocycles. The molecule has 1 heterocycles. The summed E-state index contributed by atoms with van der Waals surface area (Å²) in [5, 5.41) is 7.02. The minimum Gasteiger partial charge on any atom is -0.375 e. The minimum atomic E-state index is 0.154. The second kappa shape index (κ2) is 5.70. The van der Waals surface area contributed by atoms with Crippen molar-refractivity contribution >= 4 is 51.8 Å². The van der Waals surface area contributed by atoms with Gasteiger partial charge in [-0.25, -0.2) is 0 Å². The molecule has 2 aromatic rings. The van der Waals surface area contributed by atoms with Crippen LogP contribution in [0.1, 0.15) is 23.4 Å². The fourth-order valence-corrected chi connectivity index (χ4v) is 3.65. The zero-order valence-electron chi connectivity index (χ0n) is 9.93. The van der Waals surface area contributed by atoms with Crippen LogP contribution in [-0.4, -0.2) is 0 Å². The van der Waals surface area contributed by atoms with Crippen LogP contribution < -0.4 is 5.32 Å². The molecule has 0 saturated carbocycles. The SMILES string of the molecule is Cc1ccsc1C(C)Nc1c(Cl)cc(Cl)cc1Cl. The molecule has 18 heavy (non-hydrogen) atoms. The molecule has 1 unspecified atom stereocenters. The Bertz CT molecular complexity index is 542. The number of halogens is 3. The molecule has 0 aliphatic carbocycles. The second-order valence-electron chi connectivity index (χ2n) is 4.08. The van der Waals surface area contributed by atoms with Gasteiger partial charge in [-0.15, -0.1) is 11.3 Å². The summed E-state index contributed by atoms with van der Waals surface area (Å²) in [6, 6.07) is 5.63. The smallest absolute Gasteiger partial charge is 0.0725 e. The Morgan fingerprint density at radius 3 is 2.28 bits per heavy atom. The molecule has 1 aromatic heterocycles. The number of hydrogen-bond donors (Lipinski definition) is 1. The molecule has 0 spiro atoms. The molecule has 5 heteroatoms. The first kappa shape index (κ1) is 14.0. The van der Waals surface area contributed by atoms with Crippen molar-refractivity contribution in [1.82, 2.24) is 0 Å². The van der Waals surface area contributed by atoms with Crippen molar-refractivity contribution in [3.8, 4) is 0 Å². The summed E-state index contributed by atoms with van der Waals surface area (Å²) in [7, 11) is 0. The summed E-state index contributed by atoms with van der Waals surface area (Å²) in [5.41, 5.74) is 1.99. The minimum absolute atomic E-state index is 0.154. The average molecular weight is 321 g/mol. The van der Waals surface area contributed by atoms with E-state index in [1.165, 1.54) is 10.4 Å². The molecule has 1 nitrogen and oxygen atoms in total. The first-order chi connectivity index (χ1) is 8.49. The topological polar surface area (TPSA) is 12.0 Å². The number of hydrogen-bond acceptors (Lipinski definition) is 2. The van der Waals surface area contributed by atoms with Crippen LogP contribution in [0.15, 0.2) is 23.6 Å². The third kappa shape index (κ3) is 2.94. The van der Waals surface area contributed by atoms with Gasteiger partial charge in [0.15, 0.2) is 0 Å². The Balaban J connectivity index is 2.27. The lowest BCUT2D eigenvalue weighted by Gasteiger charge is -2.17. The lowest BCUT2D eigenvalue weighted by atomic mass is 10.2. The van der Waals surface area contributed by atoms with E-state index in [4.69, 9.17) is 34.8 Å². The molecule has 0 bridgehead atoms. The maximum absolute atomic E-state index is 6.15. The van der Waals surface area contributed by atoms with Gasteiger partial charge >= 0.3 is 0 Å². The van der Waals surface area contributed by atoms with E-state index in [9.17, 15) is 0 Å². The van der Waals surface area contributed by atoms with Crippen LogP contribution in [0.3, 0.4) is 0 Å². The Morgan fingerprint density at radius 2 is 1.78 bits per heavy atom. The van der Waals surface area contributed by atoms with Crippen LogP contribution in [0.4, 0.5) is 5.69 Å². The summed E-state index contributed by atoms with van der Waals surface area (Å²) in [6.45, 7) is 4.18. The van der Waals surface area contributed by atoms with Crippen LogP contribution in [0.5, 0.6) is 0 Å². The number of aryl methyl sites for hydroxylation is 1. The summed E-state index contributed by atoms with van der Waals surface area (Å²) >= 11 is 19.9. The lowest BCUT2D eigenvalue weighted by Crippen LogP contribution is -2.07. The average Bonchev–Trinajstić information content (AvgIpc) is 2.69. The van der Waals surface area contributed by atoms with Gasteiger partial charge in [0.1, 0.15) is 0 Å². The van der Waals surface area contributed by atoms with Gasteiger partial charge in [-0.05, 0) is 43.0 Å². The van der Waals surface area contributed by atoms with Crippen LogP contribution >= 0.6 is 46.1 Å². The van der Waals surface area contributed by atoms with Crippen molar-refractivity contribution in [2.45, 2.75) is 19.9 Å². The van der Waals surface area contributed by atoms with Gasteiger partial charge in [-0.3, -0.25) is 0 Å². The summed E-state index contributed by atoms with van der Waals surface area (Å²) < 4.78 is 0. The molecule has 0 amide bonds. The number of benzene rings is 1. The van der Waals surface area contributed by atoms with Crippen molar-refractivity contribution in [2.75, 3.05) is 5.32 Å². The van der Waals surface area contributed by atoms with Crippen molar-refractivity contribution in [3.63, 3.8) is 0 Å². The number of thiophene rings is 1. The van der Waals surface area contributed by atoms with Gasteiger partial charge in [-0.2, -0.15) is 0 Å².